The van der Waals surface area contributed by atoms with E-state index in [9.17, 15) is 4.39 Å². The Kier molecular flexibility index (Phi) is 2.27. The lowest BCUT2D eigenvalue weighted by molar-refractivity contribution is 0.648. The molecule has 0 N–H and O–H groups in total. The average Bonchev–Trinajstić information content (AvgIpc) is 2.17. The molecule has 0 radical (unpaired) electrons. The first-order valence-electron chi connectivity index (χ1n) is 4.44. The van der Waals surface area contributed by atoms with Gasteiger partial charge in [0, 0.05) is 11.6 Å². The first-order valence-corrected chi connectivity index (χ1v) is 4.44. The van der Waals surface area contributed by atoms with Crippen LogP contribution in [0.2, 0.25) is 0 Å². The van der Waals surface area contributed by atoms with Crippen molar-refractivity contribution in [1.29, 1.82) is 0 Å². The zero-order valence-corrected chi connectivity index (χ0v) is 7.87. The second-order valence-electron chi connectivity index (χ2n) is 3.19. The van der Waals surface area contributed by atoms with E-state index < -0.39 is 0 Å². The van der Waals surface area contributed by atoms with Crippen molar-refractivity contribution in [3.05, 3.63) is 47.9 Å². The summed E-state index contributed by atoms with van der Waals surface area (Å²) in [7, 11) is 0. The summed E-state index contributed by atoms with van der Waals surface area (Å²) in [6.45, 7) is 1.43. The molecule has 2 heteroatoms. The zero-order chi connectivity index (χ0) is 9.97. The van der Waals surface area contributed by atoms with Crippen LogP contribution >= 0.6 is 0 Å². The summed E-state index contributed by atoms with van der Waals surface area (Å²) in [5, 5.41) is 1.03. The smallest absolute Gasteiger partial charge is 0.0975 e. The van der Waals surface area contributed by atoms with Gasteiger partial charge in [-0.05, 0) is 30.7 Å². The zero-order valence-electron chi connectivity index (χ0n) is 7.87. The molecule has 2 rings (SSSR count). The molecule has 0 atom stereocenters. The molecule has 0 amide bonds. The number of pyridine rings is 1. The predicted molar refractivity (Wildman–Crippen MR) is 56.5 cm³/mol. The van der Waals surface area contributed by atoms with Crippen molar-refractivity contribution in [3.8, 4) is 0 Å². The van der Waals surface area contributed by atoms with E-state index >= 15 is 0 Å². The van der Waals surface area contributed by atoms with Crippen LogP contribution in [0.3, 0.4) is 0 Å². The van der Waals surface area contributed by atoms with E-state index in [1.807, 2.05) is 30.3 Å². The van der Waals surface area contributed by atoms with Crippen LogP contribution in [0.4, 0.5) is 4.39 Å². The lowest BCUT2D eigenvalue weighted by atomic mass is 10.1. The van der Waals surface area contributed by atoms with Crippen LogP contribution in [0.15, 0.2) is 42.4 Å². The molecule has 2 aromatic rings. The van der Waals surface area contributed by atoms with Gasteiger partial charge in [-0.15, -0.1) is 0 Å². The number of aromatic nitrogens is 1. The number of rotatable bonds is 1. The second-order valence-corrected chi connectivity index (χ2v) is 3.19. The SMILES string of the molecule is C/C(F)=C/c1cnc2ccccc2c1. The third kappa shape index (κ3) is 1.79. The molecule has 0 saturated carbocycles. The molecular weight excluding hydrogens is 177 g/mol. The molecule has 0 fully saturated rings. The van der Waals surface area contributed by atoms with Crippen LogP contribution in [-0.4, -0.2) is 4.98 Å². The fourth-order valence-electron chi connectivity index (χ4n) is 1.40. The Bertz CT molecular complexity index is 484. The molecular formula is C12H10FN. The molecule has 1 nitrogen and oxygen atoms in total. The first-order chi connectivity index (χ1) is 6.75. The van der Waals surface area contributed by atoms with E-state index in [0.717, 1.165) is 16.5 Å². The van der Waals surface area contributed by atoms with Crippen LogP contribution in [0, 0.1) is 0 Å². The maximum absolute atomic E-state index is 12.6. The molecule has 0 aliphatic rings. The molecule has 0 saturated heterocycles. The number of nitrogens with zero attached hydrogens (tertiary/aromatic N) is 1. The van der Waals surface area contributed by atoms with Crippen LogP contribution in [-0.2, 0) is 0 Å². The number of benzene rings is 1. The van der Waals surface area contributed by atoms with Crippen LogP contribution < -0.4 is 0 Å². The Morgan fingerprint density at radius 3 is 2.93 bits per heavy atom. The maximum Gasteiger partial charge on any atom is 0.0975 e. The predicted octanol–water partition coefficient (Wildman–Crippen LogP) is 3.57. The highest BCUT2D eigenvalue weighted by atomic mass is 19.1. The van der Waals surface area contributed by atoms with E-state index in [4.69, 9.17) is 0 Å². The molecule has 0 bridgehead atoms. The first kappa shape index (κ1) is 8.88. The molecule has 1 heterocycles. The van der Waals surface area contributed by atoms with Gasteiger partial charge in [0.15, 0.2) is 0 Å². The summed E-state index contributed by atoms with van der Waals surface area (Å²) in [6, 6.07) is 9.70. The summed E-state index contributed by atoms with van der Waals surface area (Å²) in [5.41, 5.74) is 1.73. The summed E-state index contributed by atoms with van der Waals surface area (Å²) in [5.74, 6) is -0.206. The van der Waals surface area contributed by atoms with Crippen molar-refractivity contribution in [2.24, 2.45) is 0 Å². The minimum atomic E-state index is -0.206. The monoisotopic (exact) mass is 187 g/mol. The van der Waals surface area contributed by atoms with E-state index in [0.29, 0.717) is 0 Å². The summed E-state index contributed by atoms with van der Waals surface area (Å²) in [6.07, 6.45) is 3.14. The molecule has 0 spiro atoms. The Morgan fingerprint density at radius 1 is 1.36 bits per heavy atom. The van der Waals surface area contributed by atoms with Crippen molar-refractivity contribution in [3.63, 3.8) is 0 Å². The molecule has 0 aliphatic heterocycles. The largest absolute Gasteiger partial charge is 0.256 e. The summed E-state index contributed by atoms with van der Waals surface area (Å²) in [4.78, 5) is 4.22. The number of halogens is 1. The van der Waals surface area contributed by atoms with Gasteiger partial charge in [-0.25, -0.2) is 4.39 Å². The lowest BCUT2D eigenvalue weighted by Gasteiger charge is -1.97. The van der Waals surface area contributed by atoms with Crippen LogP contribution in [0.25, 0.3) is 17.0 Å². The standard InChI is InChI=1S/C12H10FN/c1-9(13)6-10-7-11-4-2-3-5-12(11)14-8-10/h2-8H,1H3/b9-6-. The second kappa shape index (κ2) is 3.58. The molecule has 0 unspecified atom stereocenters. The quantitative estimate of drug-likeness (QED) is 0.665. The molecule has 70 valence electrons. The Morgan fingerprint density at radius 2 is 2.14 bits per heavy atom. The Balaban J connectivity index is 2.57. The number of para-hydroxylation sites is 1. The van der Waals surface area contributed by atoms with Gasteiger partial charge in [-0.1, -0.05) is 18.2 Å². The van der Waals surface area contributed by atoms with Gasteiger partial charge < -0.3 is 0 Å². The fourth-order valence-corrected chi connectivity index (χ4v) is 1.40. The van der Waals surface area contributed by atoms with Crippen molar-refractivity contribution in [1.82, 2.24) is 4.98 Å². The van der Waals surface area contributed by atoms with Crippen LogP contribution in [0.5, 0.6) is 0 Å². The number of hydrogen-bond donors (Lipinski definition) is 0. The number of allylic oxidation sites excluding steroid dienone is 1. The Labute approximate surface area is 81.9 Å². The van der Waals surface area contributed by atoms with Gasteiger partial charge in [0.2, 0.25) is 0 Å². The van der Waals surface area contributed by atoms with Gasteiger partial charge in [0.1, 0.15) is 0 Å². The van der Waals surface area contributed by atoms with Gasteiger partial charge >= 0.3 is 0 Å². The number of hydrogen-bond acceptors (Lipinski definition) is 1. The third-order valence-corrected chi connectivity index (χ3v) is 1.98. The maximum atomic E-state index is 12.6. The third-order valence-electron chi connectivity index (χ3n) is 1.98. The highest BCUT2D eigenvalue weighted by Crippen LogP contribution is 2.14. The van der Waals surface area contributed by atoms with Gasteiger partial charge in [0.25, 0.3) is 0 Å². The van der Waals surface area contributed by atoms with Gasteiger partial charge in [0.05, 0.1) is 11.3 Å². The van der Waals surface area contributed by atoms with Crippen LogP contribution in [0.1, 0.15) is 12.5 Å². The van der Waals surface area contributed by atoms with E-state index in [1.54, 1.807) is 6.20 Å². The fraction of sp³-hybridized carbons (Fsp3) is 0.0833. The highest BCUT2D eigenvalue weighted by molar-refractivity contribution is 5.80. The van der Waals surface area contributed by atoms with Gasteiger partial charge in [-0.2, -0.15) is 0 Å². The minimum Gasteiger partial charge on any atom is -0.256 e. The molecule has 1 aromatic heterocycles. The van der Waals surface area contributed by atoms with E-state index in [1.165, 1.54) is 13.0 Å². The minimum absolute atomic E-state index is 0.206. The highest BCUT2D eigenvalue weighted by Gasteiger charge is 1.95. The van der Waals surface area contributed by atoms with Crippen molar-refractivity contribution < 1.29 is 4.39 Å². The summed E-state index contributed by atoms with van der Waals surface area (Å²) >= 11 is 0. The molecule has 0 aliphatic carbocycles. The Hall–Kier alpha value is -1.70. The van der Waals surface area contributed by atoms with Crippen molar-refractivity contribution >= 4 is 17.0 Å². The number of fused-ring (bicyclic) bond motifs is 1. The molecule has 1 aromatic carbocycles. The molecule has 14 heavy (non-hydrogen) atoms. The van der Waals surface area contributed by atoms with Crippen molar-refractivity contribution in [2.75, 3.05) is 0 Å². The lowest BCUT2D eigenvalue weighted by Crippen LogP contribution is -1.80. The topological polar surface area (TPSA) is 12.9 Å². The normalized spacial score (nSPS) is 12.0. The van der Waals surface area contributed by atoms with Crippen molar-refractivity contribution in [2.45, 2.75) is 6.92 Å². The van der Waals surface area contributed by atoms with E-state index in [2.05, 4.69) is 4.98 Å². The van der Waals surface area contributed by atoms with Gasteiger partial charge in [-0.3, -0.25) is 4.98 Å². The average molecular weight is 187 g/mol. The summed E-state index contributed by atoms with van der Waals surface area (Å²) < 4.78 is 12.6. The van der Waals surface area contributed by atoms with E-state index in [-0.39, 0.29) is 5.83 Å².